The van der Waals surface area contributed by atoms with Gasteiger partial charge < -0.3 is 0 Å². The first-order valence-electron chi connectivity index (χ1n) is 5.67. The maximum Gasteiger partial charge on any atom is 0.00997 e. The van der Waals surface area contributed by atoms with E-state index in [-0.39, 0.29) is 0 Å². The van der Waals surface area contributed by atoms with E-state index in [0.29, 0.717) is 6.54 Å². The van der Waals surface area contributed by atoms with Crippen LogP contribution in [0.1, 0.15) is 57.8 Å². The second-order valence-electron chi connectivity index (χ2n) is 3.66. The molecule has 0 amide bonds. The van der Waals surface area contributed by atoms with Crippen molar-refractivity contribution in [1.82, 2.24) is 5.73 Å². The van der Waals surface area contributed by atoms with Gasteiger partial charge >= 0.3 is 0 Å². The van der Waals surface area contributed by atoms with Crippen molar-refractivity contribution >= 4 is 0 Å². The second kappa shape index (κ2) is 11.7. The summed E-state index contributed by atoms with van der Waals surface area (Å²) in [6.45, 7) is 4.32. The molecular weight excluding hydrogens is 158 g/mol. The summed E-state index contributed by atoms with van der Waals surface area (Å²) in [5.41, 5.74) is 6.99. The Balaban J connectivity index is 2.79. The molecule has 0 aliphatic carbocycles. The minimum Gasteiger partial charge on any atom is -0.258 e. The summed E-state index contributed by atoms with van der Waals surface area (Å²) in [7, 11) is 0. The van der Waals surface area contributed by atoms with Crippen molar-refractivity contribution in [2.45, 2.75) is 57.8 Å². The first-order chi connectivity index (χ1) is 6.41. The number of rotatable bonds is 10. The van der Waals surface area contributed by atoms with Crippen LogP contribution in [0.15, 0.2) is 12.7 Å². The molecule has 1 radical (unpaired) electrons. The van der Waals surface area contributed by atoms with E-state index in [1.54, 1.807) is 0 Å². The fourth-order valence-electron chi connectivity index (χ4n) is 1.47. The lowest BCUT2D eigenvalue weighted by atomic mass is 10.1. The van der Waals surface area contributed by atoms with Crippen LogP contribution in [0.4, 0.5) is 0 Å². The maximum atomic E-state index is 6.99. The molecule has 0 aromatic heterocycles. The predicted molar refractivity (Wildman–Crippen MR) is 59.7 cm³/mol. The fourth-order valence-corrected chi connectivity index (χ4v) is 1.47. The summed E-state index contributed by atoms with van der Waals surface area (Å²) >= 11 is 0. The van der Waals surface area contributed by atoms with E-state index in [2.05, 4.69) is 6.58 Å². The highest BCUT2D eigenvalue weighted by Gasteiger charge is 1.90. The highest BCUT2D eigenvalue weighted by molar-refractivity contribution is 4.65. The highest BCUT2D eigenvalue weighted by atomic mass is 14.5. The van der Waals surface area contributed by atoms with Gasteiger partial charge in [-0.3, -0.25) is 5.73 Å². The summed E-state index contributed by atoms with van der Waals surface area (Å²) < 4.78 is 0. The van der Waals surface area contributed by atoms with Crippen molar-refractivity contribution in [3.63, 3.8) is 0 Å². The van der Waals surface area contributed by atoms with Crippen LogP contribution in [0.5, 0.6) is 0 Å². The number of allylic oxidation sites excluding steroid dienone is 1. The lowest BCUT2D eigenvalue weighted by Crippen LogP contribution is -1.85. The molecule has 0 aromatic carbocycles. The number of unbranched alkanes of at least 4 members (excludes halogenated alkanes) is 8. The van der Waals surface area contributed by atoms with E-state index in [1.807, 2.05) is 6.08 Å². The van der Waals surface area contributed by atoms with E-state index >= 15 is 0 Å². The fraction of sp³-hybridized carbons (Fsp3) is 0.833. The summed E-state index contributed by atoms with van der Waals surface area (Å²) in [5, 5.41) is 0. The van der Waals surface area contributed by atoms with Gasteiger partial charge in [0.25, 0.3) is 0 Å². The average molecular weight is 182 g/mol. The van der Waals surface area contributed by atoms with Crippen LogP contribution < -0.4 is 5.73 Å². The Hall–Kier alpha value is -0.300. The Bertz CT molecular complexity index is 99.3. The first-order valence-corrected chi connectivity index (χ1v) is 5.67. The van der Waals surface area contributed by atoms with E-state index in [9.17, 15) is 0 Å². The van der Waals surface area contributed by atoms with Crippen LogP contribution in [-0.4, -0.2) is 6.54 Å². The molecule has 1 heteroatoms. The van der Waals surface area contributed by atoms with Crippen molar-refractivity contribution in [1.29, 1.82) is 0 Å². The highest BCUT2D eigenvalue weighted by Crippen LogP contribution is 2.09. The number of hydrogen-bond donors (Lipinski definition) is 0. The van der Waals surface area contributed by atoms with Crippen molar-refractivity contribution in [3.05, 3.63) is 12.7 Å². The van der Waals surface area contributed by atoms with Crippen LogP contribution in [0.3, 0.4) is 0 Å². The molecule has 0 saturated carbocycles. The second-order valence-corrected chi connectivity index (χ2v) is 3.66. The van der Waals surface area contributed by atoms with Crippen LogP contribution in [0.25, 0.3) is 0 Å². The van der Waals surface area contributed by atoms with Crippen molar-refractivity contribution in [3.8, 4) is 0 Å². The molecule has 0 atom stereocenters. The Morgan fingerprint density at radius 1 is 0.769 bits per heavy atom. The molecule has 0 fully saturated rings. The van der Waals surface area contributed by atoms with E-state index in [1.165, 1.54) is 51.4 Å². The SMILES string of the molecule is C=CCCCCCCCCCC[NH]. The van der Waals surface area contributed by atoms with Gasteiger partial charge in [-0.1, -0.05) is 44.6 Å². The Morgan fingerprint density at radius 2 is 1.23 bits per heavy atom. The zero-order valence-electron chi connectivity index (χ0n) is 8.86. The van der Waals surface area contributed by atoms with Crippen LogP contribution >= 0.6 is 0 Å². The monoisotopic (exact) mass is 182 g/mol. The third kappa shape index (κ3) is 11.7. The predicted octanol–water partition coefficient (Wildman–Crippen LogP) is 3.97. The Labute approximate surface area is 83.4 Å². The van der Waals surface area contributed by atoms with Crippen LogP contribution in [-0.2, 0) is 0 Å². The summed E-state index contributed by atoms with van der Waals surface area (Å²) in [5.74, 6) is 0. The molecule has 0 aromatic rings. The van der Waals surface area contributed by atoms with Gasteiger partial charge in [-0.25, -0.2) is 0 Å². The van der Waals surface area contributed by atoms with Gasteiger partial charge in [-0.15, -0.1) is 6.58 Å². The molecule has 0 aliphatic rings. The van der Waals surface area contributed by atoms with Gasteiger partial charge in [0.1, 0.15) is 0 Å². The molecule has 77 valence electrons. The molecule has 0 rings (SSSR count). The minimum absolute atomic E-state index is 0.610. The molecule has 0 unspecified atom stereocenters. The van der Waals surface area contributed by atoms with E-state index < -0.39 is 0 Å². The van der Waals surface area contributed by atoms with Crippen molar-refractivity contribution in [2.24, 2.45) is 0 Å². The van der Waals surface area contributed by atoms with Gasteiger partial charge in [0.15, 0.2) is 0 Å². The lowest BCUT2D eigenvalue weighted by Gasteiger charge is -2.00. The van der Waals surface area contributed by atoms with Crippen molar-refractivity contribution in [2.75, 3.05) is 6.54 Å². The van der Waals surface area contributed by atoms with E-state index in [0.717, 1.165) is 6.42 Å². The molecule has 0 aliphatic heterocycles. The number of hydrogen-bond acceptors (Lipinski definition) is 0. The van der Waals surface area contributed by atoms with Crippen molar-refractivity contribution < 1.29 is 0 Å². The Kier molecular flexibility index (Phi) is 11.4. The standard InChI is InChI=1S/C12H24N/c1-2-3-4-5-6-7-8-9-10-11-12-13/h2,13H,1,3-12H2. The summed E-state index contributed by atoms with van der Waals surface area (Å²) in [6, 6.07) is 0. The lowest BCUT2D eigenvalue weighted by molar-refractivity contribution is 0.570. The van der Waals surface area contributed by atoms with E-state index in [4.69, 9.17) is 5.73 Å². The molecule has 0 heterocycles. The molecule has 0 saturated heterocycles. The number of nitrogens with one attached hydrogen (secondary N) is 1. The quantitative estimate of drug-likeness (QED) is 0.360. The third-order valence-electron chi connectivity index (χ3n) is 2.34. The third-order valence-corrected chi connectivity index (χ3v) is 2.34. The molecule has 1 N–H and O–H groups in total. The molecular formula is C12H24N. The van der Waals surface area contributed by atoms with Gasteiger partial charge in [0.05, 0.1) is 0 Å². The molecule has 0 spiro atoms. The smallest absolute Gasteiger partial charge is 0.00997 e. The maximum absolute atomic E-state index is 6.99. The zero-order valence-corrected chi connectivity index (χ0v) is 8.86. The van der Waals surface area contributed by atoms with Gasteiger partial charge in [0.2, 0.25) is 0 Å². The van der Waals surface area contributed by atoms with Gasteiger partial charge in [-0.05, 0) is 19.3 Å². The minimum atomic E-state index is 0.610. The van der Waals surface area contributed by atoms with Crippen LogP contribution in [0, 0.1) is 0 Å². The zero-order chi connectivity index (χ0) is 9.78. The largest absolute Gasteiger partial charge is 0.258 e. The molecule has 13 heavy (non-hydrogen) atoms. The molecule has 1 nitrogen and oxygen atoms in total. The molecule has 0 bridgehead atoms. The summed E-state index contributed by atoms with van der Waals surface area (Å²) in [6.07, 6.45) is 13.7. The van der Waals surface area contributed by atoms with Gasteiger partial charge in [0, 0.05) is 6.54 Å². The Morgan fingerprint density at radius 3 is 1.69 bits per heavy atom. The van der Waals surface area contributed by atoms with Gasteiger partial charge in [-0.2, -0.15) is 0 Å². The topological polar surface area (TPSA) is 23.8 Å². The first kappa shape index (κ1) is 12.7. The summed E-state index contributed by atoms with van der Waals surface area (Å²) in [4.78, 5) is 0. The average Bonchev–Trinajstić information content (AvgIpc) is 2.16. The van der Waals surface area contributed by atoms with Crippen LogP contribution in [0.2, 0.25) is 0 Å². The normalized spacial score (nSPS) is 10.2.